The van der Waals surface area contributed by atoms with Gasteiger partial charge in [0.25, 0.3) is 0 Å². The number of likely N-dealkylation sites (N-methyl/N-ethyl adjacent to an activating group) is 1. The van der Waals surface area contributed by atoms with Crippen molar-refractivity contribution in [3.8, 4) is 0 Å². The Morgan fingerprint density at radius 2 is 2.19 bits per heavy atom. The van der Waals surface area contributed by atoms with Gasteiger partial charge in [0.15, 0.2) is 0 Å². The molecule has 3 heteroatoms. The van der Waals surface area contributed by atoms with Gasteiger partial charge < -0.3 is 15.0 Å². The molecule has 1 aliphatic rings. The smallest absolute Gasteiger partial charge is 0.0852 e. The summed E-state index contributed by atoms with van der Waals surface area (Å²) in [5, 5.41) is 3.61. The zero-order chi connectivity index (χ0) is 12.0. The molecule has 0 bridgehead atoms. The van der Waals surface area contributed by atoms with Gasteiger partial charge in [-0.05, 0) is 32.9 Å². The number of rotatable bonds is 6. The molecule has 0 aromatic heterocycles. The van der Waals surface area contributed by atoms with E-state index in [1.54, 1.807) is 0 Å². The lowest BCUT2D eigenvalue weighted by molar-refractivity contribution is -0.0357. The quantitative estimate of drug-likeness (QED) is 0.749. The molecule has 1 N–H and O–H groups in total. The van der Waals surface area contributed by atoms with Gasteiger partial charge in [0, 0.05) is 19.1 Å². The molecule has 0 radical (unpaired) electrons. The summed E-state index contributed by atoms with van der Waals surface area (Å²) in [5.41, 5.74) is 0. The zero-order valence-corrected chi connectivity index (χ0v) is 11.3. The average molecular weight is 228 g/mol. The number of morpholine rings is 1. The number of ether oxygens (including phenoxy) is 1. The molecule has 3 atom stereocenters. The highest BCUT2D eigenvalue weighted by Crippen LogP contribution is 2.09. The maximum atomic E-state index is 5.80. The Kier molecular flexibility index (Phi) is 6.32. The van der Waals surface area contributed by atoms with Crippen LogP contribution in [0.2, 0.25) is 0 Å². The van der Waals surface area contributed by atoms with Crippen molar-refractivity contribution in [3.63, 3.8) is 0 Å². The van der Waals surface area contributed by atoms with Crippen LogP contribution in [0, 0.1) is 5.92 Å². The molecule has 1 heterocycles. The van der Waals surface area contributed by atoms with Crippen LogP contribution in [0.1, 0.15) is 33.6 Å². The topological polar surface area (TPSA) is 24.5 Å². The third-order valence-electron chi connectivity index (χ3n) is 3.42. The Labute approximate surface area is 101 Å². The molecule has 0 aliphatic carbocycles. The van der Waals surface area contributed by atoms with E-state index in [4.69, 9.17) is 4.74 Å². The number of hydrogen-bond acceptors (Lipinski definition) is 3. The van der Waals surface area contributed by atoms with Crippen molar-refractivity contribution >= 4 is 0 Å². The predicted molar refractivity (Wildman–Crippen MR) is 68.8 cm³/mol. The van der Waals surface area contributed by atoms with E-state index in [1.165, 1.54) is 12.8 Å². The molecule has 96 valence electrons. The van der Waals surface area contributed by atoms with Crippen LogP contribution < -0.4 is 5.32 Å². The molecule has 16 heavy (non-hydrogen) atoms. The van der Waals surface area contributed by atoms with Crippen molar-refractivity contribution in [2.24, 2.45) is 5.92 Å². The van der Waals surface area contributed by atoms with Crippen LogP contribution in [0.25, 0.3) is 0 Å². The van der Waals surface area contributed by atoms with Gasteiger partial charge in [-0.15, -0.1) is 0 Å². The van der Waals surface area contributed by atoms with Crippen molar-refractivity contribution in [2.45, 2.75) is 45.8 Å². The third kappa shape index (κ3) is 4.81. The van der Waals surface area contributed by atoms with Crippen LogP contribution in [0.15, 0.2) is 0 Å². The van der Waals surface area contributed by atoms with E-state index >= 15 is 0 Å². The molecule has 1 saturated heterocycles. The molecule has 3 unspecified atom stereocenters. The van der Waals surface area contributed by atoms with Gasteiger partial charge >= 0.3 is 0 Å². The second-order valence-electron chi connectivity index (χ2n) is 5.26. The Bertz CT molecular complexity index is 187. The molecule has 0 spiro atoms. The SMILES string of the molecule is CCCC(C)CNC(C)C1CN(C)CCO1. The van der Waals surface area contributed by atoms with Gasteiger partial charge in [0.05, 0.1) is 12.7 Å². The lowest BCUT2D eigenvalue weighted by Crippen LogP contribution is -2.50. The minimum atomic E-state index is 0.354. The molecule has 1 fully saturated rings. The van der Waals surface area contributed by atoms with Crippen molar-refractivity contribution in [1.29, 1.82) is 0 Å². The van der Waals surface area contributed by atoms with Gasteiger partial charge in [0.1, 0.15) is 0 Å². The van der Waals surface area contributed by atoms with Gasteiger partial charge in [-0.1, -0.05) is 20.3 Å². The molecule has 1 rings (SSSR count). The highest BCUT2D eigenvalue weighted by molar-refractivity contribution is 4.79. The van der Waals surface area contributed by atoms with Crippen LogP contribution in [0.3, 0.4) is 0 Å². The van der Waals surface area contributed by atoms with Gasteiger partial charge in [-0.2, -0.15) is 0 Å². The molecule has 0 amide bonds. The first-order valence-corrected chi connectivity index (χ1v) is 6.67. The predicted octanol–water partition coefficient (Wildman–Crippen LogP) is 1.73. The fraction of sp³-hybridized carbons (Fsp3) is 1.00. The summed E-state index contributed by atoms with van der Waals surface area (Å²) in [6.07, 6.45) is 2.94. The summed E-state index contributed by atoms with van der Waals surface area (Å²) in [6.45, 7) is 10.9. The third-order valence-corrected chi connectivity index (χ3v) is 3.42. The van der Waals surface area contributed by atoms with Crippen LogP contribution in [0.5, 0.6) is 0 Å². The zero-order valence-electron chi connectivity index (χ0n) is 11.3. The molecular weight excluding hydrogens is 200 g/mol. The van der Waals surface area contributed by atoms with Crippen molar-refractivity contribution in [3.05, 3.63) is 0 Å². The molecule has 1 aliphatic heterocycles. The molecule has 0 saturated carbocycles. The first-order chi connectivity index (χ1) is 7.63. The van der Waals surface area contributed by atoms with E-state index in [9.17, 15) is 0 Å². The fourth-order valence-electron chi connectivity index (χ4n) is 2.23. The minimum Gasteiger partial charge on any atom is -0.374 e. The Balaban J connectivity index is 2.20. The van der Waals surface area contributed by atoms with Crippen LogP contribution in [-0.2, 0) is 4.74 Å². The average Bonchev–Trinajstić information content (AvgIpc) is 2.26. The summed E-state index contributed by atoms with van der Waals surface area (Å²) in [7, 11) is 2.17. The van der Waals surface area contributed by atoms with E-state index in [1.807, 2.05) is 0 Å². The summed E-state index contributed by atoms with van der Waals surface area (Å²) in [6, 6.07) is 0.460. The van der Waals surface area contributed by atoms with Crippen LogP contribution in [0.4, 0.5) is 0 Å². The maximum Gasteiger partial charge on any atom is 0.0852 e. The summed E-state index contributed by atoms with van der Waals surface area (Å²) < 4.78 is 5.80. The first kappa shape index (κ1) is 13.9. The van der Waals surface area contributed by atoms with E-state index in [2.05, 4.69) is 38.0 Å². The summed E-state index contributed by atoms with van der Waals surface area (Å²) >= 11 is 0. The second kappa shape index (κ2) is 7.25. The number of nitrogens with zero attached hydrogens (tertiary/aromatic N) is 1. The van der Waals surface area contributed by atoms with Gasteiger partial charge in [-0.25, -0.2) is 0 Å². The van der Waals surface area contributed by atoms with Gasteiger partial charge in [-0.3, -0.25) is 0 Å². The van der Waals surface area contributed by atoms with E-state index in [0.717, 1.165) is 32.2 Å². The van der Waals surface area contributed by atoms with E-state index in [-0.39, 0.29) is 0 Å². The molecular formula is C13H28N2O. The minimum absolute atomic E-state index is 0.354. The van der Waals surface area contributed by atoms with Crippen molar-refractivity contribution in [2.75, 3.05) is 33.3 Å². The van der Waals surface area contributed by atoms with Crippen LogP contribution >= 0.6 is 0 Å². The van der Waals surface area contributed by atoms with Crippen molar-refractivity contribution in [1.82, 2.24) is 10.2 Å². The summed E-state index contributed by atoms with van der Waals surface area (Å²) in [5.74, 6) is 0.772. The normalized spacial score (nSPS) is 26.6. The Morgan fingerprint density at radius 3 is 2.81 bits per heavy atom. The lowest BCUT2D eigenvalue weighted by atomic mass is 10.0. The lowest BCUT2D eigenvalue weighted by Gasteiger charge is -2.34. The Hall–Kier alpha value is -0.120. The number of nitrogens with one attached hydrogen (secondary N) is 1. The fourth-order valence-corrected chi connectivity index (χ4v) is 2.23. The highest BCUT2D eigenvalue weighted by atomic mass is 16.5. The second-order valence-corrected chi connectivity index (χ2v) is 5.26. The standard InChI is InChI=1S/C13H28N2O/c1-5-6-11(2)9-14-12(3)13-10-15(4)7-8-16-13/h11-14H,5-10H2,1-4H3. The first-order valence-electron chi connectivity index (χ1n) is 6.67. The van der Waals surface area contributed by atoms with E-state index < -0.39 is 0 Å². The number of hydrogen-bond donors (Lipinski definition) is 1. The maximum absolute atomic E-state index is 5.80. The van der Waals surface area contributed by atoms with E-state index in [0.29, 0.717) is 12.1 Å². The molecule has 3 nitrogen and oxygen atoms in total. The van der Waals surface area contributed by atoms with Crippen molar-refractivity contribution < 1.29 is 4.74 Å². The molecule has 0 aromatic rings. The highest BCUT2D eigenvalue weighted by Gasteiger charge is 2.23. The largest absolute Gasteiger partial charge is 0.374 e. The molecule has 0 aromatic carbocycles. The van der Waals surface area contributed by atoms with Gasteiger partial charge in [0.2, 0.25) is 0 Å². The Morgan fingerprint density at radius 1 is 1.44 bits per heavy atom. The summed E-state index contributed by atoms with van der Waals surface area (Å²) in [4.78, 5) is 2.35. The van der Waals surface area contributed by atoms with Crippen LogP contribution in [-0.4, -0.2) is 50.3 Å². The monoisotopic (exact) mass is 228 g/mol.